The number of carbonyl (C=O) groups excluding carboxylic acids is 1. The van der Waals surface area contributed by atoms with E-state index in [-0.39, 0.29) is 24.3 Å². The van der Waals surface area contributed by atoms with Crippen LogP contribution in [0.15, 0.2) is 61.0 Å². The van der Waals surface area contributed by atoms with Gasteiger partial charge in [0.1, 0.15) is 5.76 Å². The van der Waals surface area contributed by atoms with Crippen molar-refractivity contribution in [2.75, 3.05) is 20.4 Å². The van der Waals surface area contributed by atoms with Crippen molar-refractivity contribution in [1.29, 1.82) is 0 Å². The molecule has 5 rings (SSSR count). The number of ether oxygens (including phenoxy) is 5. The quantitative estimate of drug-likeness (QED) is 0.402. The van der Waals surface area contributed by atoms with Gasteiger partial charge in [-0.2, -0.15) is 0 Å². The average Bonchev–Trinajstić information content (AvgIpc) is 3.32. The van der Waals surface area contributed by atoms with Crippen molar-refractivity contribution < 1.29 is 41.7 Å². The Balaban J connectivity index is 1.32. The van der Waals surface area contributed by atoms with Crippen LogP contribution < -0.4 is 24.3 Å². The van der Waals surface area contributed by atoms with E-state index in [0.717, 1.165) is 47.7 Å². The third-order valence-corrected chi connectivity index (χ3v) is 6.59. The van der Waals surface area contributed by atoms with E-state index in [1.807, 2.05) is 6.07 Å². The van der Waals surface area contributed by atoms with Gasteiger partial charge >= 0.3 is 12.5 Å². The van der Waals surface area contributed by atoms with E-state index >= 15 is 0 Å². The molecule has 38 heavy (non-hydrogen) atoms. The normalized spacial score (nSPS) is 17.7. The lowest BCUT2D eigenvalue weighted by atomic mass is 9.83. The van der Waals surface area contributed by atoms with Crippen molar-refractivity contribution in [3.63, 3.8) is 0 Å². The molecule has 3 heterocycles. The molecule has 0 saturated heterocycles. The third kappa shape index (κ3) is 5.28. The zero-order chi connectivity index (χ0) is 27.0. The number of nitrogens with one attached hydrogen (secondary N) is 1. The van der Waals surface area contributed by atoms with Gasteiger partial charge in [0.05, 0.1) is 7.11 Å². The maximum atomic E-state index is 12.6. The molecule has 2 aromatic carbocycles. The second kappa shape index (κ2) is 9.97. The molecule has 1 N–H and O–H groups in total. The first kappa shape index (κ1) is 25.5. The van der Waals surface area contributed by atoms with Crippen LogP contribution in [0.25, 0.3) is 0 Å². The number of rotatable bonds is 6. The van der Waals surface area contributed by atoms with Crippen LogP contribution in [-0.4, -0.2) is 37.8 Å². The molecule has 3 aliphatic heterocycles. The van der Waals surface area contributed by atoms with E-state index in [2.05, 4.69) is 40.2 Å². The van der Waals surface area contributed by atoms with Crippen LogP contribution in [-0.2, 0) is 24.1 Å². The van der Waals surface area contributed by atoms with Crippen LogP contribution in [0, 0.1) is 0 Å². The van der Waals surface area contributed by atoms with Gasteiger partial charge in [0, 0.05) is 30.4 Å². The number of fused-ring (bicyclic) bond motifs is 5. The van der Waals surface area contributed by atoms with Gasteiger partial charge in [-0.05, 0) is 59.9 Å². The second-order valence-electron chi connectivity index (χ2n) is 8.97. The van der Waals surface area contributed by atoms with Crippen LogP contribution >= 0.6 is 0 Å². The maximum absolute atomic E-state index is 12.6. The van der Waals surface area contributed by atoms with Crippen LogP contribution in [0.2, 0.25) is 0 Å². The first-order chi connectivity index (χ1) is 18.1. The number of allylic oxidation sites excluding steroid dienone is 2. The summed E-state index contributed by atoms with van der Waals surface area (Å²) in [6, 6.07) is 7.96. The van der Waals surface area contributed by atoms with E-state index in [1.165, 1.54) is 18.2 Å². The summed E-state index contributed by atoms with van der Waals surface area (Å²) in [5.74, 6) is 1.52. The fraction of sp³-hybridized carbons (Fsp3) is 0.296. The summed E-state index contributed by atoms with van der Waals surface area (Å²) in [4.78, 5) is 15.0. The van der Waals surface area contributed by atoms with Crippen molar-refractivity contribution in [2.24, 2.45) is 0 Å². The van der Waals surface area contributed by atoms with Gasteiger partial charge in [0.15, 0.2) is 23.0 Å². The van der Waals surface area contributed by atoms with E-state index in [4.69, 9.17) is 18.9 Å². The maximum Gasteiger partial charge on any atom is 0.573 e. The number of nitrogens with zero attached hydrogens (tertiary/aromatic N) is 1. The molecular weight excluding hydrogens is 505 g/mol. The summed E-state index contributed by atoms with van der Waals surface area (Å²) in [6.07, 6.45) is -2.15. The summed E-state index contributed by atoms with van der Waals surface area (Å²) >= 11 is 0. The number of alkyl halides is 3. The number of halogens is 3. The molecule has 0 aliphatic carbocycles. The summed E-state index contributed by atoms with van der Waals surface area (Å²) in [5.41, 5.74) is 4.25. The van der Waals surface area contributed by atoms with Crippen LogP contribution in [0.3, 0.4) is 0 Å². The topological polar surface area (TPSA) is 78.5 Å². The lowest BCUT2D eigenvalue weighted by molar-refractivity contribution is -0.303. The van der Waals surface area contributed by atoms with Gasteiger partial charge in [-0.3, -0.25) is 10.2 Å². The van der Waals surface area contributed by atoms with Crippen molar-refractivity contribution in [3.8, 4) is 23.0 Å². The minimum absolute atomic E-state index is 0.0166. The Kier molecular flexibility index (Phi) is 6.70. The van der Waals surface area contributed by atoms with Crippen LogP contribution in [0.1, 0.15) is 28.3 Å². The molecule has 0 aromatic heterocycles. The number of methoxy groups -OCH3 is 1. The SMILES string of the molecule is C=C(/C=C\C(=C)OC(F)(F)F)NC(=O)Oc1c(OC)ccc2c1CN1CCc3cc4c(cc3C1C2)OCO4. The Labute approximate surface area is 216 Å². The summed E-state index contributed by atoms with van der Waals surface area (Å²) in [7, 11) is 1.48. The highest BCUT2D eigenvalue weighted by Crippen LogP contribution is 2.46. The number of benzene rings is 2. The lowest BCUT2D eigenvalue weighted by Crippen LogP contribution is -2.39. The number of hydrogen-bond acceptors (Lipinski definition) is 7. The largest absolute Gasteiger partial charge is 0.573 e. The van der Waals surface area contributed by atoms with Gasteiger partial charge in [-0.15, -0.1) is 13.2 Å². The highest BCUT2D eigenvalue weighted by atomic mass is 19.4. The Morgan fingerprint density at radius 1 is 1.16 bits per heavy atom. The summed E-state index contributed by atoms with van der Waals surface area (Å²) in [5, 5.41) is 2.38. The first-order valence-corrected chi connectivity index (χ1v) is 11.8. The molecule has 2 aromatic rings. The van der Waals surface area contributed by atoms with Crippen molar-refractivity contribution in [3.05, 3.63) is 83.3 Å². The number of hydrogen-bond donors (Lipinski definition) is 1. The minimum Gasteiger partial charge on any atom is -0.493 e. The Morgan fingerprint density at radius 3 is 2.66 bits per heavy atom. The van der Waals surface area contributed by atoms with Crippen LogP contribution in [0.4, 0.5) is 18.0 Å². The number of amides is 1. The highest BCUT2D eigenvalue weighted by Gasteiger charge is 2.36. The molecule has 0 saturated carbocycles. The fourth-order valence-corrected chi connectivity index (χ4v) is 4.93. The third-order valence-electron chi connectivity index (χ3n) is 6.59. The zero-order valence-corrected chi connectivity index (χ0v) is 20.5. The molecule has 200 valence electrons. The number of carbonyl (C=O) groups is 1. The van der Waals surface area contributed by atoms with E-state index in [9.17, 15) is 18.0 Å². The summed E-state index contributed by atoms with van der Waals surface area (Å²) in [6.45, 7) is 8.31. The minimum atomic E-state index is -4.87. The predicted molar refractivity (Wildman–Crippen MR) is 130 cm³/mol. The molecule has 0 radical (unpaired) electrons. The van der Waals surface area contributed by atoms with Crippen molar-refractivity contribution >= 4 is 6.09 Å². The predicted octanol–water partition coefficient (Wildman–Crippen LogP) is 5.29. The van der Waals surface area contributed by atoms with Gasteiger partial charge < -0.3 is 23.7 Å². The lowest BCUT2D eigenvalue weighted by Gasteiger charge is -2.42. The Morgan fingerprint density at radius 2 is 1.92 bits per heavy atom. The molecule has 8 nitrogen and oxygen atoms in total. The van der Waals surface area contributed by atoms with E-state index in [1.54, 1.807) is 6.07 Å². The zero-order valence-electron chi connectivity index (χ0n) is 20.5. The molecular formula is C27H25F3N2O6. The van der Waals surface area contributed by atoms with E-state index < -0.39 is 18.2 Å². The fourth-order valence-electron chi connectivity index (χ4n) is 4.93. The van der Waals surface area contributed by atoms with Gasteiger partial charge in [-0.1, -0.05) is 19.2 Å². The Hall–Kier alpha value is -4.12. The second-order valence-corrected chi connectivity index (χ2v) is 8.97. The van der Waals surface area contributed by atoms with Gasteiger partial charge in [-0.25, -0.2) is 4.79 Å². The van der Waals surface area contributed by atoms with Gasteiger partial charge in [0.25, 0.3) is 0 Å². The molecule has 0 fully saturated rings. The van der Waals surface area contributed by atoms with Gasteiger partial charge in [0.2, 0.25) is 6.79 Å². The molecule has 11 heteroatoms. The highest BCUT2D eigenvalue weighted by molar-refractivity contribution is 5.75. The molecule has 0 bridgehead atoms. The van der Waals surface area contributed by atoms with E-state index in [0.29, 0.717) is 18.7 Å². The van der Waals surface area contributed by atoms with Crippen molar-refractivity contribution in [1.82, 2.24) is 10.2 Å². The monoisotopic (exact) mass is 530 g/mol. The van der Waals surface area contributed by atoms with Crippen molar-refractivity contribution in [2.45, 2.75) is 31.8 Å². The molecule has 0 spiro atoms. The molecule has 3 aliphatic rings. The standard InChI is InChI=1S/C27H25F3N2O6/c1-15(4-5-16(2)38-27(28,29)30)31-26(33)37-25-20-13-32-9-8-18-11-23-24(36-14-35-23)12-19(18)21(32)10-17(20)6-7-22(25)34-3/h4-7,11-12,21H,1-2,8-10,13-14H2,3H3,(H,31,33)/b5-4-. The molecule has 1 atom stereocenters. The smallest absolute Gasteiger partial charge is 0.493 e. The molecule has 1 amide bonds. The van der Waals surface area contributed by atoms with Crippen LogP contribution in [0.5, 0.6) is 23.0 Å². The Bertz CT molecular complexity index is 1340. The molecule has 1 unspecified atom stereocenters. The summed E-state index contributed by atoms with van der Waals surface area (Å²) < 4.78 is 62.7. The average molecular weight is 530 g/mol. The first-order valence-electron chi connectivity index (χ1n) is 11.8.